The first-order valence-corrected chi connectivity index (χ1v) is 16.0. The molecule has 3 aromatic rings. The number of hydrogen-bond donors (Lipinski definition) is 0. The van der Waals surface area contributed by atoms with Gasteiger partial charge in [-0.15, -0.1) is 0 Å². The number of ether oxygens (including phenoxy) is 1. The number of hydrogen-bond acceptors (Lipinski definition) is 8. The van der Waals surface area contributed by atoms with Crippen LogP contribution in [-0.4, -0.2) is 96.5 Å². The number of likely N-dealkylation sites (N-methyl/N-ethyl adjacent to an activating group) is 1. The van der Waals surface area contributed by atoms with Crippen molar-refractivity contribution in [3.8, 4) is 12.1 Å². The highest BCUT2D eigenvalue weighted by atomic mass is 35.5. The third-order valence-electron chi connectivity index (χ3n) is 9.21. The third kappa shape index (κ3) is 6.60. The van der Waals surface area contributed by atoms with Crippen LogP contribution in [0.2, 0.25) is 5.02 Å². The SMILES string of the molecule is CN1CC(C)(F)C[C@H]1COc1nc2c(c(N3CCN(C(=O)/C=C/CF)[C@@H](CC#N)C3)n1)CCN(c1cccc3cccc(Cl)c13)C2. The van der Waals surface area contributed by atoms with Gasteiger partial charge in [0.05, 0.1) is 35.8 Å². The van der Waals surface area contributed by atoms with Crippen molar-refractivity contribution in [1.82, 2.24) is 19.8 Å². The highest BCUT2D eigenvalue weighted by Gasteiger charge is 2.40. The van der Waals surface area contributed by atoms with Crippen LogP contribution in [0.25, 0.3) is 10.8 Å². The molecule has 0 bridgehead atoms. The van der Waals surface area contributed by atoms with E-state index in [0.717, 1.165) is 33.5 Å². The van der Waals surface area contributed by atoms with Gasteiger partial charge in [0.1, 0.15) is 24.8 Å². The van der Waals surface area contributed by atoms with Crippen LogP contribution in [0.15, 0.2) is 48.6 Å². The summed E-state index contributed by atoms with van der Waals surface area (Å²) in [6, 6.07) is 14.0. The summed E-state index contributed by atoms with van der Waals surface area (Å²) in [5.74, 6) is 0.413. The summed E-state index contributed by atoms with van der Waals surface area (Å²) in [6.07, 6.45) is 3.58. The normalized spacial score (nSPS) is 23.6. The summed E-state index contributed by atoms with van der Waals surface area (Å²) < 4.78 is 33.7. The van der Waals surface area contributed by atoms with E-state index in [1.165, 1.54) is 12.2 Å². The summed E-state index contributed by atoms with van der Waals surface area (Å²) in [7, 11) is 1.89. The van der Waals surface area contributed by atoms with Crippen LogP contribution in [0.5, 0.6) is 6.01 Å². The molecule has 2 saturated heterocycles. The topological polar surface area (TPSA) is 88.8 Å². The molecule has 2 fully saturated rings. The minimum absolute atomic E-state index is 0.112. The number of halogens is 3. The molecule has 2 aromatic carbocycles. The van der Waals surface area contributed by atoms with Crippen molar-refractivity contribution in [3.63, 3.8) is 0 Å². The molecule has 4 heterocycles. The second-order valence-electron chi connectivity index (χ2n) is 12.6. The fourth-order valence-electron chi connectivity index (χ4n) is 7.04. The van der Waals surface area contributed by atoms with Crippen molar-refractivity contribution in [2.45, 2.75) is 50.5 Å². The van der Waals surface area contributed by atoms with Crippen LogP contribution in [-0.2, 0) is 17.8 Å². The average Bonchev–Trinajstić information content (AvgIpc) is 3.32. The molecule has 0 saturated carbocycles. The maximum atomic E-state index is 14.7. The van der Waals surface area contributed by atoms with E-state index in [-0.39, 0.29) is 31.0 Å². The van der Waals surface area contributed by atoms with Gasteiger partial charge in [0, 0.05) is 67.9 Å². The number of anilines is 2. The molecule has 6 rings (SSSR count). The molecule has 1 unspecified atom stereocenters. The van der Waals surface area contributed by atoms with Crippen molar-refractivity contribution in [3.05, 3.63) is 64.8 Å². The highest BCUT2D eigenvalue weighted by molar-refractivity contribution is 6.36. The molecule has 0 radical (unpaired) electrons. The van der Waals surface area contributed by atoms with Gasteiger partial charge >= 0.3 is 6.01 Å². The number of benzene rings is 2. The molecule has 3 aliphatic heterocycles. The lowest BCUT2D eigenvalue weighted by Gasteiger charge is -2.42. The number of piperazine rings is 1. The first kappa shape index (κ1) is 32.0. The largest absolute Gasteiger partial charge is 0.462 e. The summed E-state index contributed by atoms with van der Waals surface area (Å²) in [4.78, 5) is 30.6. The molecule has 3 aliphatic rings. The van der Waals surface area contributed by atoms with Crippen LogP contribution in [0.3, 0.4) is 0 Å². The van der Waals surface area contributed by atoms with Crippen LogP contribution in [0, 0.1) is 11.3 Å². The molecule has 12 heteroatoms. The van der Waals surface area contributed by atoms with Crippen molar-refractivity contribution in [1.29, 1.82) is 5.26 Å². The Bertz CT molecular complexity index is 1670. The number of carbonyl (C=O) groups is 1. The molecule has 0 N–H and O–H groups in total. The van der Waals surface area contributed by atoms with E-state index in [0.29, 0.717) is 57.1 Å². The Morgan fingerprint density at radius 3 is 2.72 bits per heavy atom. The number of rotatable bonds is 8. The average molecular weight is 650 g/mol. The van der Waals surface area contributed by atoms with E-state index in [1.807, 2.05) is 42.3 Å². The Hall–Kier alpha value is -4.01. The van der Waals surface area contributed by atoms with E-state index >= 15 is 0 Å². The fraction of sp³-hybridized carbons (Fsp3) is 0.471. The first-order chi connectivity index (χ1) is 22.2. The summed E-state index contributed by atoms with van der Waals surface area (Å²) in [5.41, 5.74) is 1.56. The Balaban J connectivity index is 1.32. The minimum Gasteiger partial charge on any atom is -0.462 e. The molecule has 46 heavy (non-hydrogen) atoms. The predicted molar refractivity (Wildman–Crippen MR) is 175 cm³/mol. The predicted octanol–water partition coefficient (Wildman–Crippen LogP) is 5.11. The zero-order valence-corrected chi connectivity index (χ0v) is 26.9. The fourth-order valence-corrected chi connectivity index (χ4v) is 7.32. The molecule has 0 spiro atoms. The number of fused-ring (bicyclic) bond motifs is 2. The number of nitrogens with zero attached hydrogens (tertiary/aromatic N) is 7. The number of carbonyl (C=O) groups excluding carboxylic acids is 1. The Morgan fingerprint density at radius 1 is 1.17 bits per heavy atom. The highest BCUT2D eigenvalue weighted by Crippen LogP contribution is 2.37. The van der Waals surface area contributed by atoms with Gasteiger partial charge in [-0.25, -0.2) is 8.78 Å². The van der Waals surface area contributed by atoms with E-state index in [4.69, 9.17) is 26.3 Å². The van der Waals surface area contributed by atoms with E-state index in [1.54, 1.807) is 11.8 Å². The van der Waals surface area contributed by atoms with Gasteiger partial charge < -0.3 is 19.4 Å². The number of nitriles is 1. The first-order valence-electron chi connectivity index (χ1n) is 15.7. The van der Waals surface area contributed by atoms with Crippen LogP contribution in [0.1, 0.15) is 31.0 Å². The lowest BCUT2D eigenvalue weighted by atomic mass is 10.0. The maximum absolute atomic E-state index is 14.7. The van der Waals surface area contributed by atoms with Crippen molar-refractivity contribution >= 4 is 39.8 Å². The Morgan fingerprint density at radius 2 is 1.98 bits per heavy atom. The number of likely N-dealkylation sites (tertiary alicyclic amines) is 1. The van der Waals surface area contributed by atoms with Gasteiger partial charge in [0.15, 0.2) is 0 Å². The van der Waals surface area contributed by atoms with Gasteiger partial charge in [0.2, 0.25) is 5.91 Å². The standard InChI is InChI=1S/C34H38ClF2N7O2/c1-34(37)18-25(41(2)22-34)21-46-33-39-28-20-42(29-9-4-7-23-6-3-8-27(35)31(23)29)15-12-26(28)32(40-33)43-16-17-44(24(19-43)11-14-38)30(45)10-5-13-36/h3-10,24-25H,11-13,15-22H2,1-2H3/b10-5+/t24-,25-,34?/m0/s1. The van der Waals surface area contributed by atoms with E-state index < -0.39 is 18.4 Å². The quantitative estimate of drug-likeness (QED) is 0.311. The second-order valence-corrected chi connectivity index (χ2v) is 13.0. The summed E-state index contributed by atoms with van der Waals surface area (Å²) in [6.45, 7) is 3.91. The van der Waals surface area contributed by atoms with Gasteiger partial charge in [-0.3, -0.25) is 9.69 Å². The van der Waals surface area contributed by atoms with Gasteiger partial charge in [0.25, 0.3) is 0 Å². The van der Waals surface area contributed by atoms with Crippen molar-refractivity contribution in [2.75, 3.05) is 62.9 Å². The molecule has 1 amide bonds. The molecule has 9 nitrogen and oxygen atoms in total. The second kappa shape index (κ2) is 13.4. The van der Waals surface area contributed by atoms with Crippen molar-refractivity contribution in [2.24, 2.45) is 0 Å². The van der Waals surface area contributed by atoms with Crippen LogP contribution >= 0.6 is 11.6 Å². The molecular formula is C34H38ClF2N7O2. The maximum Gasteiger partial charge on any atom is 0.318 e. The molecule has 0 aliphatic carbocycles. The lowest BCUT2D eigenvalue weighted by Crippen LogP contribution is -2.55. The summed E-state index contributed by atoms with van der Waals surface area (Å²) in [5, 5.41) is 12.3. The van der Waals surface area contributed by atoms with E-state index in [2.05, 4.69) is 21.9 Å². The minimum atomic E-state index is -1.28. The van der Waals surface area contributed by atoms with Gasteiger partial charge in [-0.2, -0.15) is 15.2 Å². The smallest absolute Gasteiger partial charge is 0.318 e. The number of aromatic nitrogens is 2. The third-order valence-corrected chi connectivity index (χ3v) is 9.52. The molecular weight excluding hydrogens is 612 g/mol. The Labute approximate surface area is 273 Å². The number of allylic oxidation sites excluding steroid dienone is 1. The van der Waals surface area contributed by atoms with Crippen LogP contribution in [0.4, 0.5) is 20.3 Å². The van der Waals surface area contributed by atoms with Crippen LogP contribution < -0.4 is 14.5 Å². The zero-order valence-electron chi connectivity index (χ0n) is 26.1. The summed E-state index contributed by atoms with van der Waals surface area (Å²) >= 11 is 6.69. The number of amides is 1. The zero-order chi connectivity index (χ0) is 32.4. The number of alkyl halides is 2. The monoisotopic (exact) mass is 649 g/mol. The van der Waals surface area contributed by atoms with E-state index in [9.17, 15) is 18.8 Å². The van der Waals surface area contributed by atoms with Gasteiger partial charge in [-0.05, 0) is 44.0 Å². The van der Waals surface area contributed by atoms with Gasteiger partial charge in [-0.1, -0.05) is 35.9 Å². The molecule has 1 aromatic heterocycles. The molecule has 3 atom stereocenters. The molecule has 242 valence electrons. The Kier molecular flexibility index (Phi) is 9.29. The van der Waals surface area contributed by atoms with Crippen molar-refractivity contribution < 1.29 is 18.3 Å². The lowest BCUT2D eigenvalue weighted by molar-refractivity contribution is -0.128.